The fourth-order valence-electron chi connectivity index (χ4n) is 3.84. The van der Waals surface area contributed by atoms with Crippen molar-refractivity contribution in [2.45, 2.75) is 63.8 Å². The van der Waals surface area contributed by atoms with Gasteiger partial charge >= 0.3 is 0 Å². The number of rotatable bonds is 8. The van der Waals surface area contributed by atoms with Gasteiger partial charge in [-0.1, -0.05) is 49.0 Å². The summed E-state index contributed by atoms with van der Waals surface area (Å²) in [7, 11) is 0. The Morgan fingerprint density at radius 1 is 1.03 bits per heavy atom. The Labute approximate surface area is 181 Å². The minimum absolute atomic E-state index is 0.117. The van der Waals surface area contributed by atoms with E-state index in [-0.39, 0.29) is 37.1 Å². The maximum Gasteiger partial charge on any atom is 0.243 e. The predicted octanol–water partition coefficient (Wildman–Crippen LogP) is 2.44. The number of amides is 3. The molecule has 166 valence electrons. The number of nitrogens with one attached hydrogen (secondary N) is 3. The number of hydrogen-bond donors (Lipinski definition) is 3. The first-order valence-corrected chi connectivity index (χ1v) is 10.7. The molecule has 1 fully saturated rings. The van der Waals surface area contributed by atoms with Gasteiger partial charge in [0.15, 0.2) is 5.82 Å². The molecule has 9 nitrogen and oxygen atoms in total. The third-order valence-corrected chi connectivity index (χ3v) is 5.34. The van der Waals surface area contributed by atoms with Crippen LogP contribution in [0.25, 0.3) is 0 Å². The van der Waals surface area contributed by atoms with E-state index in [2.05, 4.69) is 26.1 Å². The standard InChI is InChI=1S/C22H29N5O4/c1-16(28)26-22(13-7-2-3-8-14-22)21-25-20(31-27-21)12-11-18(29)23-15-19(30)24-17-9-5-4-6-10-17/h4-6,9-10H,2-3,7-8,11-15H2,1H3,(H,23,29)(H,24,30)(H,26,28). The molecule has 0 radical (unpaired) electrons. The molecule has 1 aliphatic carbocycles. The molecule has 0 saturated heterocycles. The lowest BCUT2D eigenvalue weighted by molar-refractivity contribution is -0.124. The van der Waals surface area contributed by atoms with Gasteiger partial charge in [-0.25, -0.2) is 0 Å². The van der Waals surface area contributed by atoms with Crippen LogP contribution in [0.1, 0.15) is 63.6 Å². The lowest BCUT2D eigenvalue weighted by Gasteiger charge is -2.30. The summed E-state index contributed by atoms with van der Waals surface area (Å²) in [5.41, 5.74) is 0.0637. The number of aryl methyl sites for hydroxylation is 1. The van der Waals surface area contributed by atoms with Crippen LogP contribution in [0.5, 0.6) is 0 Å². The first-order chi connectivity index (χ1) is 15.0. The average molecular weight is 428 g/mol. The first-order valence-electron chi connectivity index (χ1n) is 10.7. The van der Waals surface area contributed by atoms with Gasteiger partial charge in [0.05, 0.1) is 6.54 Å². The largest absolute Gasteiger partial charge is 0.347 e. The van der Waals surface area contributed by atoms with Crippen LogP contribution in [-0.2, 0) is 26.3 Å². The number of anilines is 1. The molecule has 0 aliphatic heterocycles. The molecule has 2 aromatic rings. The maximum absolute atomic E-state index is 12.1. The van der Waals surface area contributed by atoms with Crippen LogP contribution in [0.3, 0.4) is 0 Å². The van der Waals surface area contributed by atoms with Gasteiger partial charge in [-0.3, -0.25) is 14.4 Å². The SMILES string of the molecule is CC(=O)NC1(c2noc(CCC(=O)NCC(=O)Nc3ccccc3)n2)CCCCCC1. The van der Waals surface area contributed by atoms with E-state index in [4.69, 9.17) is 4.52 Å². The molecule has 0 unspecified atom stereocenters. The summed E-state index contributed by atoms with van der Waals surface area (Å²) in [6, 6.07) is 9.04. The Morgan fingerprint density at radius 2 is 1.74 bits per heavy atom. The summed E-state index contributed by atoms with van der Waals surface area (Å²) in [5.74, 6) is 0.107. The Bertz CT molecular complexity index is 888. The van der Waals surface area contributed by atoms with Gasteiger partial charge < -0.3 is 20.5 Å². The highest BCUT2D eigenvalue weighted by Crippen LogP contribution is 2.34. The second-order valence-corrected chi connectivity index (χ2v) is 7.88. The average Bonchev–Trinajstić information content (AvgIpc) is 3.11. The normalized spacial score (nSPS) is 15.5. The Kier molecular flexibility index (Phi) is 7.75. The first kappa shape index (κ1) is 22.5. The lowest BCUT2D eigenvalue weighted by Crippen LogP contribution is -2.45. The number of carbonyl (C=O) groups is 3. The van der Waals surface area contributed by atoms with E-state index in [0.717, 1.165) is 38.5 Å². The number of nitrogens with zero attached hydrogens (tertiary/aromatic N) is 2. The molecule has 0 atom stereocenters. The molecule has 31 heavy (non-hydrogen) atoms. The van der Waals surface area contributed by atoms with Crippen molar-refractivity contribution >= 4 is 23.4 Å². The molecule has 3 amide bonds. The Balaban J connectivity index is 1.50. The van der Waals surface area contributed by atoms with Gasteiger partial charge in [-0.15, -0.1) is 0 Å². The predicted molar refractivity (Wildman–Crippen MR) is 114 cm³/mol. The van der Waals surface area contributed by atoms with Crippen LogP contribution in [-0.4, -0.2) is 34.4 Å². The van der Waals surface area contributed by atoms with Crippen LogP contribution in [0.4, 0.5) is 5.69 Å². The summed E-state index contributed by atoms with van der Waals surface area (Å²) < 4.78 is 5.35. The second kappa shape index (κ2) is 10.7. The highest BCUT2D eigenvalue weighted by atomic mass is 16.5. The monoisotopic (exact) mass is 427 g/mol. The smallest absolute Gasteiger partial charge is 0.243 e. The molecule has 9 heteroatoms. The van der Waals surface area contributed by atoms with E-state index >= 15 is 0 Å². The van der Waals surface area contributed by atoms with Gasteiger partial charge in [0.25, 0.3) is 0 Å². The number of benzene rings is 1. The third kappa shape index (κ3) is 6.63. The lowest BCUT2D eigenvalue weighted by atomic mass is 9.89. The van der Waals surface area contributed by atoms with Gasteiger partial charge in [0.1, 0.15) is 5.54 Å². The summed E-state index contributed by atoms with van der Waals surface area (Å²) >= 11 is 0. The van der Waals surface area contributed by atoms with E-state index in [9.17, 15) is 14.4 Å². The minimum Gasteiger partial charge on any atom is -0.347 e. The highest BCUT2D eigenvalue weighted by molar-refractivity contribution is 5.94. The molecule has 1 aliphatic rings. The summed E-state index contributed by atoms with van der Waals surface area (Å²) in [6.45, 7) is 1.38. The van der Waals surface area contributed by atoms with Crippen LogP contribution in [0.15, 0.2) is 34.9 Å². The van der Waals surface area contributed by atoms with Crippen LogP contribution in [0, 0.1) is 0 Å². The van der Waals surface area contributed by atoms with Crippen molar-refractivity contribution in [1.82, 2.24) is 20.8 Å². The molecule has 0 spiro atoms. The van der Waals surface area contributed by atoms with Crippen molar-refractivity contribution < 1.29 is 18.9 Å². The van der Waals surface area contributed by atoms with Crippen LogP contribution in [0.2, 0.25) is 0 Å². The molecule has 1 aromatic carbocycles. The van der Waals surface area contributed by atoms with Gasteiger partial charge in [0.2, 0.25) is 23.6 Å². The van der Waals surface area contributed by atoms with Crippen molar-refractivity contribution in [2.75, 3.05) is 11.9 Å². The fraction of sp³-hybridized carbons (Fsp3) is 0.500. The second-order valence-electron chi connectivity index (χ2n) is 7.88. The van der Waals surface area contributed by atoms with E-state index in [1.165, 1.54) is 6.92 Å². The van der Waals surface area contributed by atoms with Crippen molar-refractivity contribution in [2.24, 2.45) is 0 Å². The van der Waals surface area contributed by atoms with Crippen molar-refractivity contribution in [3.63, 3.8) is 0 Å². The number of hydrogen-bond acceptors (Lipinski definition) is 6. The number of aromatic nitrogens is 2. The topological polar surface area (TPSA) is 126 Å². The van der Waals surface area contributed by atoms with Gasteiger partial charge in [0, 0.05) is 25.5 Å². The van der Waals surface area contributed by atoms with E-state index in [1.807, 2.05) is 18.2 Å². The van der Waals surface area contributed by atoms with Crippen LogP contribution >= 0.6 is 0 Å². The Morgan fingerprint density at radius 3 is 2.42 bits per heavy atom. The zero-order valence-electron chi connectivity index (χ0n) is 17.8. The van der Waals surface area contributed by atoms with Crippen molar-refractivity contribution in [3.8, 4) is 0 Å². The molecule has 3 N–H and O–H groups in total. The third-order valence-electron chi connectivity index (χ3n) is 5.34. The van der Waals surface area contributed by atoms with Gasteiger partial charge in [-0.05, 0) is 25.0 Å². The molecule has 1 aromatic heterocycles. The zero-order chi connectivity index (χ0) is 22.1. The zero-order valence-corrected chi connectivity index (χ0v) is 17.8. The quantitative estimate of drug-likeness (QED) is 0.556. The molecular weight excluding hydrogens is 398 g/mol. The fourth-order valence-corrected chi connectivity index (χ4v) is 3.84. The molecule has 1 heterocycles. The van der Waals surface area contributed by atoms with E-state index < -0.39 is 5.54 Å². The molecule has 1 saturated carbocycles. The summed E-state index contributed by atoms with van der Waals surface area (Å²) in [4.78, 5) is 40.3. The minimum atomic E-state index is -0.609. The van der Waals surface area contributed by atoms with E-state index in [0.29, 0.717) is 17.4 Å². The molecule has 3 rings (SSSR count). The summed E-state index contributed by atoms with van der Waals surface area (Å²) in [5, 5.41) is 12.4. The number of para-hydroxylation sites is 1. The molecular formula is C22H29N5O4. The summed E-state index contributed by atoms with van der Waals surface area (Å²) in [6.07, 6.45) is 6.11. The highest BCUT2D eigenvalue weighted by Gasteiger charge is 2.38. The van der Waals surface area contributed by atoms with Crippen LogP contribution < -0.4 is 16.0 Å². The Hall–Kier alpha value is -3.23. The van der Waals surface area contributed by atoms with Crippen molar-refractivity contribution in [1.29, 1.82) is 0 Å². The van der Waals surface area contributed by atoms with Gasteiger partial charge in [-0.2, -0.15) is 4.98 Å². The molecule has 0 bridgehead atoms. The van der Waals surface area contributed by atoms with E-state index in [1.54, 1.807) is 12.1 Å². The maximum atomic E-state index is 12.1. The number of carbonyl (C=O) groups excluding carboxylic acids is 3. The van der Waals surface area contributed by atoms with Crippen molar-refractivity contribution in [3.05, 3.63) is 42.0 Å².